The highest BCUT2D eigenvalue weighted by molar-refractivity contribution is 8.13. The average molecular weight is 405 g/mol. The Morgan fingerprint density at radius 3 is 2.36 bits per heavy atom. The van der Waals surface area contributed by atoms with Crippen molar-refractivity contribution in [1.82, 2.24) is 0 Å². The Hall–Kier alpha value is -1.77. The average Bonchev–Trinajstić information content (AvgIpc) is 2.80. The van der Waals surface area contributed by atoms with Crippen molar-refractivity contribution < 1.29 is 23.6 Å². The van der Waals surface area contributed by atoms with Gasteiger partial charge in [-0.15, -0.1) is 0 Å². The van der Waals surface area contributed by atoms with Gasteiger partial charge in [-0.2, -0.15) is 0 Å². The molecule has 28 heavy (non-hydrogen) atoms. The van der Waals surface area contributed by atoms with Crippen LogP contribution in [0.1, 0.15) is 57.5 Å². The smallest absolute Gasteiger partial charge is 0.462 e. The molecule has 0 saturated carbocycles. The van der Waals surface area contributed by atoms with Gasteiger partial charge < -0.3 is 19.8 Å². The van der Waals surface area contributed by atoms with Gasteiger partial charge >= 0.3 is 13.1 Å². The second kappa shape index (κ2) is 8.72. The van der Waals surface area contributed by atoms with E-state index in [-0.39, 0.29) is 11.7 Å². The molecule has 0 spiro atoms. The number of carbonyl (C=O) groups excluding carboxylic acids is 2. The molecule has 1 saturated heterocycles. The summed E-state index contributed by atoms with van der Waals surface area (Å²) in [6.07, 6.45) is 1.88. The summed E-state index contributed by atoms with van der Waals surface area (Å²) in [4.78, 5) is 23.6. The van der Waals surface area contributed by atoms with Crippen LogP contribution in [0.4, 0.5) is 5.69 Å². The number of rotatable bonds is 6. The van der Waals surface area contributed by atoms with E-state index < -0.39 is 24.3 Å². The summed E-state index contributed by atoms with van der Waals surface area (Å²) in [7, 11) is -0.583. The fraction of sp³-hybridized carbons (Fsp3) is 0.500. The van der Waals surface area contributed by atoms with Gasteiger partial charge in [0.05, 0.1) is 23.4 Å². The minimum absolute atomic E-state index is 0.00642. The highest BCUT2D eigenvalue weighted by atomic mass is 32.2. The number of nitrogens with two attached hydrogens (primary N) is 1. The molecule has 0 amide bonds. The molecular formula is C20H28BNO5S. The Bertz CT molecular complexity index is 775. The number of carbonyl (C=O) groups is 2. The van der Waals surface area contributed by atoms with Crippen molar-refractivity contribution in [3.05, 3.63) is 34.8 Å². The summed E-state index contributed by atoms with van der Waals surface area (Å²) in [5, 5.41) is 0.00642. The first-order valence-corrected chi connectivity index (χ1v) is 10.2. The Morgan fingerprint density at radius 2 is 1.82 bits per heavy atom. The number of anilines is 1. The fourth-order valence-electron chi connectivity index (χ4n) is 2.62. The Labute approximate surface area is 171 Å². The Morgan fingerprint density at radius 1 is 1.21 bits per heavy atom. The number of esters is 1. The maximum absolute atomic E-state index is 12.1. The van der Waals surface area contributed by atoms with Gasteiger partial charge in [0.1, 0.15) is 0 Å². The lowest BCUT2D eigenvalue weighted by atomic mass is 9.78. The zero-order valence-corrected chi connectivity index (χ0v) is 18.1. The van der Waals surface area contributed by atoms with E-state index in [1.807, 2.05) is 39.8 Å². The van der Waals surface area contributed by atoms with Gasteiger partial charge in [-0.1, -0.05) is 23.9 Å². The molecule has 0 radical (unpaired) electrons. The molecule has 1 aliphatic rings. The number of ether oxygens (including phenoxy) is 1. The van der Waals surface area contributed by atoms with E-state index in [0.717, 1.165) is 11.0 Å². The van der Waals surface area contributed by atoms with Gasteiger partial charge in [0.2, 0.25) is 0 Å². The Kier molecular flexibility index (Phi) is 7.01. The summed E-state index contributed by atoms with van der Waals surface area (Å²) in [6, 6.07) is 5.15. The molecule has 152 valence electrons. The zero-order chi connectivity index (χ0) is 21.1. The van der Waals surface area contributed by atoms with Crippen LogP contribution in [0.15, 0.2) is 23.7 Å². The Balaban J connectivity index is 2.39. The minimum Gasteiger partial charge on any atom is -0.462 e. The molecule has 2 rings (SSSR count). The molecule has 1 fully saturated rings. The number of thioether (sulfide) groups is 1. The van der Waals surface area contributed by atoms with E-state index in [4.69, 9.17) is 19.8 Å². The molecule has 8 heteroatoms. The third-order valence-electron chi connectivity index (χ3n) is 4.92. The predicted octanol–water partition coefficient (Wildman–Crippen LogP) is 3.74. The van der Waals surface area contributed by atoms with E-state index in [2.05, 4.69) is 0 Å². The highest BCUT2D eigenvalue weighted by Crippen LogP contribution is 2.39. The van der Waals surface area contributed by atoms with Crippen LogP contribution in [0.25, 0.3) is 6.08 Å². The molecule has 0 bridgehead atoms. The number of hydrogen-bond acceptors (Lipinski definition) is 7. The fourth-order valence-corrected chi connectivity index (χ4v) is 3.21. The summed E-state index contributed by atoms with van der Waals surface area (Å²) < 4.78 is 17.3. The summed E-state index contributed by atoms with van der Waals surface area (Å²) in [5.74, 6) is -0.0452. The van der Waals surface area contributed by atoms with Crippen molar-refractivity contribution in [3.8, 4) is 0 Å². The molecule has 1 heterocycles. The lowest BCUT2D eigenvalue weighted by Crippen LogP contribution is -2.41. The highest BCUT2D eigenvalue weighted by Gasteiger charge is 2.52. The van der Waals surface area contributed by atoms with Gasteiger partial charge in [0, 0.05) is 18.4 Å². The van der Waals surface area contributed by atoms with Crippen LogP contribution in [-0.4, -0.2) is 41.8 Å². The number of nitrogen functional groups attached to an aromatic ring is 1. The number of hydrogen-bond donors (Lipinski definition) is 1. The number of benzene rings is 1. The molecule has 0 aliphatic carbocycles. The van der Waals surface area contributed by atoms with Crippen molar-refractivity contribution in [2.45, 2.75) is 52.7 Å². The normalized spacial score (nSPS) is 18.2. The van der Waals surface area contributed by atoms with Crippen LogP contribution in [-0.2, 0) is 18.8 Å². The second-order valence-corrected chi connectivity index (χ2v) is 8.81. The third-order valence-corrected chi connectivity index (χ3v) is 5.81. The first kappa shape index (κ1) is 22.5. The summed E-state index contributed by atoms with van der Waals surface area (Å²) in [5.41, 5.74) is 7.16. The van der Waals surface area contributed by atoms with Crippen LogP contribution < -0.4 is 5.73 Å². The summed E-state index contributed by atoms with van der Waals surface area (Å²) >= 11 is 1.18. The lowest BCUT2D eigenvalue weighted by molar-refractivity contribution is -0.109. The van der Waals surface area contributed by atoms with Gasteiger partial charge in [0.15, 0.2) is 5.12 Å². The van der Waals surface area contributed by atoms with Crippen LogP contribution in [0.2, 0.25) is 0 Å². The van der Waals surface area contributed by atoms with Crippen molar-refractivity contribution in [2.24, 2.45) is 0 Å². The van der Waals surface area contributed by atoms with Crippen LogP contribution in [0, 0.1) is 0 Å². The van der Waals surface area contributed by atoms with Crippen molar-refractivity contribution in [3.63, 3.8) is 0 Å². The summed E-state index contributed by atoms with van der Waals surface area (Å²) in [6.45, 7) is 11.4. The van der Waals surface area contributed by atoms with Crippen LogP contribution >= 0.6 is 11.8 Å². The minimum atomic E-state index is -0.583. The van der Waals surface area contributed by atoms with Crippen molar-refractivity contribution in [1.29, 1.82) is 0 Å². The largest absolute Gasteiger partial charge is 0.491 e. The second-order valence-electron chi connectivity index (χ2n) is 7.65. The first-order chi connectivity index (χ1) is 13.0. The standard InChI is InChI=1S/C20H28BNO5S/c1-7-25-18(24)16-11-14(8-9-17(16)22)10-15(12-28-13(2)23)21-26-19(3,4)20(5,6)27-21/h8-11H,7,12,22H2,1-6H3. The SMILES string of the molecule is CCOC(=O)c1cc(C=C(CSC(C)=O)B2OC(C)(C)C(C)(C)O2)ccc1N. The molecule has 1 aliphatic heterocycles. The van der Waals surface area contributed by atoms with E-state index in [1.54, 1.807) is 19.1 Å². The first-order valence-electron chi connectivity index (χ1n) is 9.23. The lowest BCUT2D eigenvalue weighted by Gasteiger charge is -2.32. The topological polar surface area (TPSA) is 87.9 Å². The third kappa shape index (κ3) is 5.18. The quantitative estimate of drug-likeness (QED) is 0.438. The molecule has 6 nitrogen and oxygen atoms in total. The zero-order valence-electron chi connectivity index (χ0n) is 17.3. The van der Waals surface area contributed by atoms with Crippen molar-refractivity contribution >= 4 is 41.7 Å². The van der Waals surface area contributed by atoms with E-state index >= 15 is 0 Å². The van der Waals surface area contributed by atoms with E-state index in [0.29, 0.717) is 17.0 Å². The van der Waals surface area contributed by atoms with Crippen LogP contribution in [0.5, 0.6) is 0 Å². The van der Waals surface area contributed by atoms with Crippen LogP contribution in [0.3, 0.4) is 0 Å². The van der Waals surface area contributed by atoms with Gasteiger partial charge in [-0.3, -0.25) is 4.79 Å². The van der Waals surface area contributed by atoms with Gasteiger partial charge in [0.25, 0.3) is 0 Å². The molecule has 0 aromatic heterocycles. The molecular weight excluding hydrogens is 377 g/mol. The van der Waals surface area contributed by atoms with E-state index in [1.165, 1.54) is 18.7 Å². The molecule has 2 N–H and O–H groups in total. The van der Waals surface area contributed by atoms with Gasteiger partial charge in [-0.05, 0) is 57.8 Å². The molecule has 1 aromatic rings. The maximum atomic E-state index is 12.1. The van der Waals surface area contributed by atoms with Gasteiger partial charge in [-0.25, -0.2) is 4.79 Å². The monoisotopic (exact) mass is 405 g/mol. The molecule has 0 atom stereocenters. The van der Waals surface area contributed by atoms with Crippen molar-refractivity contribution in [2.75, 3.05) is 18.1 Å². The molecule has 1 aromatic carbocycles. The maximum Gasteiger partial charge on any atom is 0.491 e. The van der Waals surface area contributed by atoms with E-state index in [9.17, 15) is 9.59 Å². The predicted molar refractivity (Wildman–Crippen MR) is 114 cm³/mol. The molecule has 0 unspecified atom stereocenters.